The molecule has 0 aromatic carbocycles. The zero-order chi connectivity index (χ0) is 12.8. The topological polar surface area (TPSA) is 107 Å². The number of carbonyl (C=O) groups excluding carboxylic acids is 2. The van der Waals surface area contributed by atoms with Gasteiger partial charge in [0.15, 0.2) is 5.25 Å². The SMILES string of the molecule is CCOC(=O)CC(C(=O)OCC)S(=O)(=O)O.[KH]. The first-order valence-corrected chi connectivity index (χ1v) is 6.11. The Balaban J connectivity index is 0. The molecule has 0 aromatic rings. The molecule has 0 aliphatic carbocycles. The third-order valence-electron chi connectivity index (χ3n) is 1.57. The Morgan fingerprint density at radius 3 is 2.00 bits per heavy atom. The van der Waals surface area contributed by atoms with E-state index in [1.54, 1.807) is 0 Å². The van der Waals surface area contributed by atoms with Gasteiger partial charge in [-0.1, -0.05) is 0 Å². The molecule has 9 heteroatoms. The van der Waals surface area contributed by atoms with E-state index in [0.717, 1.165) is 0 Å². The average molecular weight is 294 g/mol. The van der Waals surface area contributed by atoms with Crippen molar-refractivity contribution in [2.45, 2.75) is 25.5 Å². The van der Waals surface area contributed by atoms with Gasteiger partial charge in [0, 0.05) is 0 Å². The second kappa shape index (κ2) is 9.42. The minimum absolute atomic E-state index is 0. The van der Waals surface area contributed by atoms with Gasteiger partial charge in [0.25, 0.3) is 10.1 Å². The molecule has 0 aromatic heterocycles. The second-order valence-electron chi connectivity index (χ2n) is 2.76. The summed E-state index contributed by atoms with van der Waals surface area (Å²) in [4.78, 5) is 22.2. The van der Waals surface area contributed by atoms with Crippen LogP contribution >= 0.6 is 0 Å². The Kier molecular flexibility index (Phi) is 11.0. The summed E-state index contributed by atoms with van der Waals surface area (Å²) in [5, 5.41) is -1.92. The van der Waals surface area contributed by atoms with Crippen LogP contribution in [0.5, 0.6) is 0 Å². The fraction of sp³-hybridized carbons (Fsp3) is 0.750. The molecule has 0 saturated heterocycles. The van der Waals surface area contributed by atoms with Crippen LogP contribution in [-0.2, 0) is 29.2 Å². The third-order valence-corrected chi connectivity index (χ3v) is 2.64. The molecular weight excluding hydrogens is 279 g/mol. The van der Waals surface area contributed by atoms with Gasteiger partial charge in [-0.3, -0.25) is 14.1 Å². The summed E-state index contributed by atoms with van der Waals surface area (Å²) in [7, 11) is -4.68. The van der Waals surface area contributed by atoms with Crippen LogP contribution in [0.1, 0.15) is 20.3 Å². The fourth-order valence-electron chi connectivity index (χ4n) is 0.917. The van der Waals surface area contributed by atoms with E-state index < -0.39 is 33.7 Å². The van der Waals surface area contributed by atoms with E-state index in [0.29, 0.717) is 0 Å². The molecule has 0 spiro atoms. The van der Waals surface area contributed by atoms with E-state index in [2.05, 4.69) is 9.47 Å². The summed E-state index contributed by atoms with van der Waals surface area (Å²) in [6.45, 7) is 3.02. The van der Waals surface area contributed by atoms with Crippen LogP contribution in [0.15, 0.2) is 0 Å². The van der Waals surface area contributed by atoms with Crippen LogP contribution in [0.2, 0.25) is 0 Å². The van der Waals surface area contributed by atoms with Gasteiger partial charge in [-0.05, 0) is 13.8 Å². The summed E-state index contributed by atoms with van der Waals surface area (Å²) < 4.78 is 39.3. The molecule has 96 valence electrons. The number of esters is 2. The van der Waals surface area contributed by atoms with Gasteiger partial charge in [-0.25, -0.2) is 0 Å². The van der Waals surface area contributed by atoms with Crippen LogP contribution in [0, 0.1) is 0 Å². The Labute approximate surface area is 142 Å². The van der Waals surface area contributed by atoms with Crippen molar-refractivity contribution < 1.29 is 32.0 Å². The van der Waals surface area contributed by atoms with Crippen molar-refractivity contribution in [3.8, 4) is 0 Å². The van der Waals surface area contributed by atoms with Crippen molar-refractivity contribution in [2.24, 2.45) is 0 Å². The van der Waals surface area contributed by atoms with E-state index in [1.807, 2.05) is 0 Å². The molecule has 1 atom stereocenters. The van der Waals surface area contributed by atoms with Gasteiger partial charge in [0.2, 0.25) is 0 Å². The predicted octanol–water partition coefficient (Wildman–Crippen LogP) is -0.889. The molecule has 0 rings (SSSR count). The molecule has 1 N–H and O–H groups in total. The van der Waals surface area contributed by atoms with Crippen LogP contribution < -0.4 is 0 Å². The van der Waals surface area contributed by atoms with Crippen molar-refractivity contribution in [3.63, 3.8) is 0 Å². The van der Waals surface area contributed by atoms with E-state index in [9.17, 15) is 18.0 Å². The molecule has 17 heavy (non-hydrogen) atoms. The molecule has 0 fully saturated rings. The number of hydrogen-bond acceptors (Lipinski definition) is 6. The fourth-order valence-corrected chi connectivity index (χ4v) is 1.57. The van der Waals surface area contributed by atoms with Crippen molar-refractivity contribution in [2.75, 3.05) is 13.2 Å². The Morgan fingerprint density at radius 2 is 1.65 bits per heavy atom. The van der Waals surface area contributed by atoms with Gasteiger partial charge in [0.05, 0.1) is 19.6 Å². The van der Waals surface area contributed by atoms with Crippen molar-refractivity contribution in [3.05, 3.63) is 0 Å². The first-order valence-electron chi connectivity index (χ1n) is 4.61. The molecule has 0 radical (unpaired) electrons. The Bertz CT molecular complexity index is 351. The Morgan fingerprint density at radius 1 is 1.18 bits per heavy atom. The van der Waals surface area contributed by atoms with E-state index in [-0.39, 0.29) is 64.6 Å². The molecular formula is C8H15KO7S. The zero-order valence-corrected chi connectivity index (χ0v) is 9.82. The monoisotopic (exact) mass is 294 g/mol. The van der Waals surface area contributed by atoms with Crippen molar-refractivity contribution in [1.82, 2.24) is 0 Å². The van der Waals surface area contributed by atoms with E-state index in [4.69, 9.17) is 4.55 Å². The zero-order valence-electron chi connectivity index (χ0n) is 9.00. The first-order chi connectivity index (χ1) is 7.32. The third kappa shape index (κ3) is 8.24. The van der Waals surface area contributed by atoms with E-state index in [1.165, 1.54) is 13.8 Å². The van der Waals surface area contributed by atoms with Crippen molar-refractivity contribution >= 4 is 73.4 Å². The average Bonchev–Trinajstić information content (AvgIpc) is 2.13. The van der Waals surface area contributed by atoms with Crippen molar-refractivity contribution in [1.29, 1.82) is 0 Å². The summed E-state index contributed by atoms with van der Waals surface area (Å²) in [6, 6.07) is 0. The maximum absolute atomic E-state index is 11.2. The van der Waals surface area contributed by atoms with Crippen LogP contribution in [0.25, 0.3) is 0 Å². The molecule has 0 aliphatic heterocycles. The maximum atomic E-state index is 11.2. The first kappa shape index (κ1) is 19.8. The van der Waals surface area contributed by atoms with Crippen LogP contribution in [-0.4, -0.2) is 94.8 Å². The molecule has 0 saturated carbocycles. The molecule has 1 unspecified atom stereocenters. The summed E-state index contributed by atoms with van der Waals surface area (Å²) in [6.07, 6.45) is -0.758. The van der Waals surface area contributed by atoms with Gasteiger partial charge in [-0.15, -0.1) is 0 Å². The van der Waals surface area contributed by atoms with Gasteiger partial charge >= 0.3 is 63.3 Å². The quantitative estimate of drug-likeness (QED) is 0.385. The second-order valence-corrected chi connectivity index (χ2v) is 4.36. The van der Waals surface area contributed by atoms with Gasteiger partial charge < -0.3 is 9.47 Å². The van der Waals surface area contributed by atoms with Gasteiger partial charge in [-0.2, -0.15) is 8.42 Å². The number of carbonyl (C=O) groups is 2. The number of hydrogen-bond donors (Lipinski definition) is 1. The number of rotatable bonds is 6. The summed E-state index contributed by atoms with van der Waals surface area (Å²) in [5.41, 5.74) is 0. The molecule has 0 bridgehead atoms. The van der Waals surface area contributed by atoms with Crippen LogP contribution in [0.3, 0.4) is 0 Å². The summed E-state index contributed by atoms with van der Waals surface area (Å²) >= 11 is 0. The van der Waals surface area contributed by atoms with E-state index >= 15 is 0 Å². The number of ether oxygens (including phenoxy) is 2. The predicted molar refractivity (Wildman–Crippen MR) is 60.4 cm³/mol. The molecule has 0 amide bonds. The molecule has 0 heterocycles. The standard InChI is InChI=1S/C8H14O7S.K.H/c1-3-14-7(9)5-6(16(11,12)13)8(10)15-4-2;;/h6H,3-5H2,1-2H3,(H,11,12,13);;. The Hall–Kier alpha value is 0.486. The van der Waals surface area contributed by atoms with Crippen LogP contribution in [0.4, 0.5) is 0 Å². The minimum atomic E-state index is -4.68. The molecule has 7 nitrogen and oxygen atoms in total. The molecule has 0 aliphatic rings. The normalized spacial score (nSPS) is 12.2. The summed E-state index contributed by atoms with van der Waals surface area (Å²) in [5.74, 6) is -2.06. The van der Waals surface area contributed by atoms with Gasteiger partial charge in [0.1, 0.15) is 0 Å².